The Hall–Kier alpha value is 9.58. The van der Waals surface area contributed by atoms with Crippen molar-refractivity contribution in [1.29, 1.82) is 0 Å². The normalized spacial score (nSPS) is 0. The van der Waals surface area contributed by atoms with Crippen LogP contribution < -0.4 is 0 Å². The Bertz CT molecular complexity index is 0. The summed E-state index contributed by atoms with van der Waals surface area (Å²) >= 11 is 0. The molecule has 0 aliphatic rings. The third-order valence-electron chi connectivity index (χ3n) is 0. The van der Waals surface area contributed by atoms with Crippen LogP contribution in [0.1, 0.15) is 0 Å². The van der Waals surface area contributed by atoms with Crippen molar-refractivity contribution in [2.24, 2.45) is 0 Å². The minimum atomic E-state index is 0. The van der Waals surface area contributed by atoms with Crippen LogP contribution in [0.3, 0.4) is 0 Å². The predicted molar refractivity (Wildman–Crippen MR) is 105 cm³/mol. The maximum atomic E-state index is 0. The van der Waals surface area contributed by atoms with Gasteiger partial charge in [-0.15, -0.1) is 0 Å². The Morgan fingerprint density at radius 1 is 0.167 bits per heavy atom. The summed E-state index contributed by atoms with van der Waals surface area (Å²) in [6.45, 7) is 0. The molecule has 0 N–H and O–H groups in total. The van der Waals surface area contributed by atoms with Crippen LogP contribution in [0.4, 0.5) is 0 Å². The van der Waals surface area contributed by atoms with E-state index >= 15 is 0 Å². The van der Waals surface area contributed by atoms with Crippen molar-refractivity contribution in [2.75, 3.05) is 0 Å². The Morgan fingerprint density at radius 3 is 0.167 bits per heavy atom. The van der Waals surface area contributed by atoms with E-state index in [0.29, 0.717) is 0 Å². The Morgan fingerprint density at radius 2 is 0.167 bits per heavy atom. The fourth-order valence-electron chi connectivity index (χ4n) is 0. The molecule has 12 heteroatoms. The molecule has 74 valence electrons. The molecule has 0 aromatic heterocycles. The molecule has 0 aliphatic heterocycles. The molecule has 22 radical (unpaired) electrons. The number of hydrogen-bond acceptors (Lipinski definition) is 0. The first kappa shape index (κ1) is 99.6. The van der Waals surface area contributed by atoms with Gasteiger partial charge < -0.3 is 0 Å². The molecule has 0 aromatic carbocycles. The van der Waals surface area contributed by atoms with Gasteiger partial charge in [-0.05, 0) is 0 Å². The third kappa shape index (κ3) is 73.6. The zero-order valence-corrected chi connectivity index (χ0v) is 60.9. The Kier molecular flexibility index (Phi) is 713. The van der Waals surface area contributed by atoms with Gasteiger partial charge in [0, 0.05) is 0 Å². The van der Waals surface area contributed by atoms with Gasteiger partial charge in [0.2, 0.25) is 0 Å². The van der Waals surface area contributed by atoms with E-state index in [-0.39, 0.29) is 287 Å². The van der Waals surface area contributed by atoms with Gasteiger partial charge in [0.1, 0.15) is 0 Å². The molecule has 0 rings (SSSR count). The van der Waals surface area contributed by atoms with E-state index in [2.05, 4.69) is 0 Å². The quantitative estimate of drug-likeness (QED) is 0.212. The minimum absolute atomic E-state index is 0. The topological polar surface area (TPSA) is 0 Å². The molecule has 0 aromatic rings. The Labute approximate surface area is 278 Å². The van der Waals surface area contributed by atoms with Crippen molar-refractivity contribution in [3.8, 4) is 0 Å². The van der Waals surface area contributed by atoms with E-state index in [1.54, 1.807) is 0 Å². The van der Waals surface area contributed by atoms with E-state index in [1.807, 2.05) is 0 Å². The van der Waals surface area contributed by atoms with Crippen LogP contribution in [0.25, 0.3) is 0 Å². The molecule has 0 bridgehead atoms. The van der Waals surface area contributed by atoms with Crippen LogP contribution >= 0.6 is 0 Å². The van der Waals surface area contributed by atoms with Gasteiger partial charge in [0.25, 0.3) is 0 Å². The second kappa shape index (κ2) is 85.9. The van der Waals surface area contributed by atoms with E-state index < -0.39 is 0 Å². The van der Waals surface area contributed by atoms with Gasteiger partial charge in [-0.3, -0.25) is 0 Å². The van der Waals surface area contributed by atoms with Gasteiger partial charge in [-0.25, -0.2) is 0 Å². The van der Waals surface area contributed by atoms with Crippen molar-refractivity contribution in [1.82, 2.24) is 0 Å². The first-order valence-corrected chi connectivity index (χ1v) is 0. The van der Waals surface area contributed by atoms with Crippen LogP contribution in [-0.2, 0) is 0 Å². The molecule has 0 spiro atoms. The molecule has 0 nitrogen and oxygen atoms in total. The van der Waals surface area contributed by atoms with Crippen molar-refractivity contribution < 1.29 is 0 Å². The van der Waals surface area contributed by atoms with Crippen molar-refractivity contribution >= 4 is 287 Å². The molecule has 0 amide bonds. The van der Waals surface area contributed by atoms with E-state index in [9.17, 15) is 0 Å². The number of rotatable bonds is 0. The molecule has 0 fully saturated rings. The van der Waals surface area contributed by atoms with Gasteiger partial charge in [0.15, 0.2) is 0 Å². The Balaban J connectivity index is 0. The SMILES string of the molecule is [SnH2].[SnH2].[SnH2].[SnH2].[SnH2].[SnH2].[SnH2].[SnH2].[SnH2].[SnH2].[SnH3].[SnH3]. The maximum absolute atomic E-state index is 0. The number of hydrogen-bond donors (Lipinski definition) is 0. The molecule has 12 heavy (non-hydrogen) atoms. The van der Waals surface area contributed by atoms with Crippen LogP contribution in [0.15, 0.2) is 0 Å². The average Bonchev–Trinajstić information content (AvgIpc) is 0. The summed E-state index contributed by atoms with van der Waals surface area (Å²) < 4.78 is 0. The summed E-state index contributed by atoms with van der Waals surface area (Å²) in [5.41, 5.74) is 0. The van der Waals surface area contributed by atoms with Gasteiger partial charge in [0.05, 0.1) is 0 Å². The van der Waals surface area contributed by atoms with Crippen LogP contribution in [-0.4, -0.2) is 287 Å². The van der Waals surface area contributed by atoms with E-state index in [0.717, 1.165) is 0 Å². The summed E-state index contributed by atoms with van der Waals surface area (Å²) in [5.74, 6) is 0. The molecule has 0 heterocycles. The molecular formula is H26Sn12. The molecule has 0 saturated carbocycles. The summed E-state index contributed by atoms with van der Waals surface area (Å²) in [6.07, 6.45) is 0. The standard InChI is InChI=1S/12Sn.26H. The second-order valence-electron chi connectivity index (χ2n) is 0. The van der Waals surface area contributed by atoms with Crippen LogP contribution in [0, 0.1) is 0 Å². The van der Waals surface area contributed by atoms with Crippen LogP contribution in [0.2, 0.25) is 0 Å². The summed E-state index contributed by atoms with van der Waals surface area (Å²) in [6, 6.07) is 0. The monoisotopic (exact) mass is 1470 g/mol. The predicted octanol–water partition coefficient (Wildman–Crippen LogP) is -11.5. The average molecular weight is 1450 g/mol. The molecule has 0 unspecified atom stereocenters. The third-order valence-corrected chi connectivity index (χ3v) is 0. The summed E-state index contributed by atoms with van der Waals surface area (Å²) in [5, 5.41) is 0. The fourth-order valence-corrected chi connectivity index (χ4v) is 0. The van der Waals surface area contributed by atoms with Crippen molar-refractivity contribution in [3.05, 3.63) is 0 Å². The van der Waals surface area contributed by atoms with Gasteiger partial charge >= 0.3 is 287 Å². The fraction of sp³-hybridized carbons (Fsp3) is 0. The van der Waals surface area contributed by atoms with Gasteiger partial charge in [-0.1, -0.05) is 0 Å². The van der Waals surface area contributed by atoms with Crippen molar-refractivity contribution in [3.63, 3.8) is 0 Å². The molecule has 0 saturated heterocycles. The molecule has 0 atom stereocenters. The zero-order valence-electron chi connectivity index (χ0n) is 9.07. The van der Waals surface area contributed by atoms with Gasteiger partial charge in [-0.2, -0.15) is 0 Å². The summed E-state index contributed by atoms with van der Waals surface area (Å²) in [4.78, 5) is 0. The summed E-state index contributed by atoms with van der Waals surface area (Å²) in [7, 11) is 0. The first-order valence-electron chi connectivity index (χ1n) is 0. The first-order chi connectivity index (χ1) is 0. The van der Waals surface area contributed by atoms with E-state index in [4.69, 9.17) is 0 Å². The zero-order chi connectivity index (χ0) is 0. The molecular weight excluding hydrogens is 1420 g/mol. The molecule has 0 aliphatic carbocycles. The second-order valence-corrected chi connectivity index (χ2v) is 0. The van der Waals surface area contributed by atoms with Crippen molar-refractivity contribution in [2.45, 2.75) is 0 Å². The van der Waals surface area contributed by atoms with Crippen LogP contribution in [0.5, 0.6) is 0 Å². The van der Waals surface area contributed by atoms with E-state index in [1.165, 1.54) is 0 Å².